The van der Waals surface area contributed by atoms with E-state index in [9.17, 15) is 0 Å². The van der Waals surface area contributed by atoms with Crippen LogP contribution in [0.5, 0.6) is 5.75 Å². The molecule has 1 saturated heterocycles. The first-order valence-electron chi connectivity index (χ1n) is 6.94. The lowest BCUT2D eigenvalue weighted by Gasteiger charge is -2.32. The molecule has 3 atom stereocenters. The zero-order valence-electron chi connectivity index (χ0n) is 11.7. The third-order valence-electron chi connectivity index (χ3n) is 3.33. The van der Waals surface area contributed by atoms with Crippen LogP contribution in [0.15, 0.2) is 24.3 Å². The third kappa shape index (κ3) is 4.07. The van der Waals surface area contributed by atoms with Crippen molar-refractivity contribution in [2.75, 3.05) is 18.1 Å². The SMILES string of the molecule is CCCOc1ccc(C(N)C2SCCSC2C)cc1. The van der Waals surface area contributed by atoms with Gasteiger partial charge in [-0.1, -0.05) is 26.0 Å². The van der Waals surface area contributed by atoms with E-state index in [2.05, 4.69) is 26.0 Å². The van der Waals surface area contributed by atoms with Crippen LogP contribution in [0.25, 0.3) is 0 Å². The van der Waals surface area contributed by atoms with Crippen molar-refractivity contribution in [3.05, 3.63) is 29.8 Å². The molecule has 2 nitrogen and oxygen atoms in total. The lowest BCUT2D eigenvalue weighted by Crippen LogP contribution is -2.34. The summed E-state index contributed by atoms with van der Waals surface area (Å²) in [6.45, 7) is 5.18. The molecular formula is C15H23NOS2. The van der Waals surface area contributed by atoms with E-state index >= 15 is 0 Å². The number of thioether (sulfide) groups is 2. The average Bonchev–Trinajstić information content (AvgIpc) is 2.45. The maximum atomic E-state index is 6.44. The molecule has 1 heterocycles. The second-order valence-electron chi connectivity index (χ2n) is 4.85. The van der Waals surface area contributed by atoms with E-state index in [4.69, 9.17) is 10.5 Å². The molecule has 0 amide bonds. The first kappa shape index (κ1) is 15.1. The van der Waals surface area contributed by atoms with Crippen molar-refractivity contribution in [3.8, 4) is 5.75 Å². The largest absolute Gasteiger partial charge is 0.494 e. The molecule has 19 heavy (non-hydrogen) atoms. The molecule has 0 radical (unpaired) electrons. The predicted molar refractivity (Wildman–Crippen MR) is 87.3 cm³/mol. The van der Waals surface area contributed by atoms with Crippen LogP contribution in [0.3, 0.4) is 0 Å². The third-order valence-corrected chi connectivity index (χ3v) is 6.54. The number of ether oxygens (including phenoxy) is 1. The number of benzene rings is 1. The van der Waals surface area contributed by atoms with E-state index in [0.717, 1.165) is 18.8 Å². The van der Waals surface area contributed by atoms with E-state index in [1.807, 2.05) is 35.7 Å². The van der Waals surface area contributed by atoms with Crippen molar-refractivity contribution in [2.24, 2.45) is 5.73 Å². The van der Waals surface area contributed by atoms with Crippen molar-refractivity contribution >= 4 is 23.5 Å². The van der Waals surface area contributed by atoms with Crippen LogP contribution >= 0.6 is 23.5 Å². The summed E-state index contributed by atoms with van der Waals surface area (Å²) >= 11 is 4.05. The summed E-state index contributed by atoms with van der Waals surface area (Å²) in [7, 11) is 0. The van der Waals surface area contributed by atoms with Crippen LogP contribution in [0.2, 0.25) is 0 Å². The molecular weight excluding hydrogens is 274 g/mol. The Balaban J connectivity index is 2.00. The minimum absolute atomic E-state index is 0.119. The predicted octanol–water partition coefficient (Wildman–Crippen LogP) is 3.71. The van der Waals surface area contributed by atoms with Crippen LogP contribution < -0.4 is 10.5 Å². The van der Waals surface area contributed by atoms with E-state index in [1.54, 1.807) is 0 Å². The Bertz CT molecular complexity index is 382. The van der Waals surface area contributed by atoms with Gasteiger partial charge >= 0.3 is 0 Å². The first-order chi connectivity index (χ1) is 9.22. The molecule has 1 aliphatic heterocycles. The summed E-state index contributed by atoms with van der Waals surface area (Å²) in [5, 5.41) is 1.14. The lowest BCUT2D eigenvalue weighted by molar-refractivity contribution is 0.317. The van der Waals surface area contributed by atoms with Crippen LogP contribution in [0.1, 0.15) is 31.9 Å². The smallest absolute Gasteiger partial charge is 0.119 e. The van der Waals surface area contributed by atoms with Gasteiger partial charge in [-0.2, -0.15) is 23.5 Å². The standard InChI is InChI=1S/C15H23NOS2/c1-3-8-17-13-6-4-12(5-7-13)14(16)15-11(2)18-9-10-19-15/h4-7,11,14-15H,3,8-10,16H2,1-2H3. The monoisotopic (exact) mass is 297 g/mol. The highest BCUT2D eigenvalue weighted by molar-refractivity contribution is 8.07. The highest BCUT2D eigenvalue weighted by Crippen LogP contribution is 2.37. The van der Waals surface area contributed by atoms with Gasteiger partial charge in [0.15, 0.2) is 0 Å². The van der Waals surface area contributed by atoms with Gasteiger partial charge in [0.25, 0.3) is 0 Å². The van der Waals surface area contributed by atoms with Crippen LogP contribution in [-0.2, 0) is 0 Å². The van der Waals surface area contributed by atoms with E-state index in [1.165, 1.54) is 17.1 Å². The van der Waals surface area contributed by atoms with Gasteiger partial charge in [-0.3, -0.25) is 0 Å². The fraction of sp³-hybridized carbons (Fsp3) is 0.600. The van der Waals surface area contributed by atoms with Crippen molar-refractivity contribution in [1.29, 1.82) is 0 Å². The quantitative estimate of drug-likeness (QED) is 0.898. The molecule has 0 bridgehead atoms. The van der Waals surface area contributed by atoms with Crippen LogP contribution in [-0.4, -0.2) is 28.6 Å². The number of hydrogen-bond acceptors (Lipinski definition) is 4. The zero-order chi connectivity index (χ0) is 13.7. The minimum atomic E-state index is 0.119. The molecule has 1 aliphatic rings. The van der Waals surface area contributed by atoms with Crippen molar-refractivity contribution in [3.63, 3.8) is 0 Å². The Morgan fingerprint density at radius 2 is 1.95 bits per heavy atom. The summed E-state index contributed by atoms with van der Waals surface area (Å²) in [6, 6.07) is 8.42. The van der Waals surface area contributed by atoms with Gasteiger partial charge in [-0.15, -0.1) is 0 Å². The molecule has 0 aliphatic carbocycles. The Kier molecular flexibility index (Phi) is 5.92. The van der Waals surface area contributed by atoms with Gasteiger partial charge in [0.2, 0.25) is 0 Å². The van der Waals surface area contributed by atoms with E-state index in [0.29, 0.717) is 10.5 Å². The lowest BCUT2D eigenvalue weighted by atomic mass is 10.0. The molecule has 1 fully saturated rings. The second kappa shape index (κ2) is 7.46. The second-order valence-corrected chi connectivity index (χ2v) is 7.63. The fourth-order valence-electron chi connectivity index (χ4n) is 2.24. The summed E-state index contributed by atoms with van der Waals surface area (Å²) in [6.07, 6.45) is 1.04. The van der Waals surface area contributed by atoms with Crippen molar-refractivity contribution in [1.82, 2.24) is 0 Å². The Morgan fingerprint density at radius 1 is 1.26 bits per heavy atom. The number of hydrogen-bond donors (Lipinski definition) is 1. The van der Waals surface area contributed by atoms with Gasteiger partial charge in [-0.05, 0) is 24.1 Å². The van der Waals surface area contributed by atoms with Crippen LogP contribution in [0, 0.1) is 0 Å². The van der Waals surface area contributed by atoms with Gasteiger partial charge in [0, 0.05) is 28.0 Å². The van der Waals surface area contributed by atoms with E-state index < -0.39 is 0 Å². The highest BCUT2D eigenvalue weighted by atomic mass is 32.2. The maximum absolute atomic E-state index is 6.44. The summed E-state index contributed by atoms with van der Waals surface area (Å²) in [5.74, 6) is 3.40. The maximum Gasteiger partial charge on any atom is 0.119 e. The summed E-state index contributed by atoms with van der Waals surface area (Å²) in [5.41, 5.74) is 7.65. The average molecular weight is 297 g/mol. The molecule has 2 N–H and O–H groups in total. The molecule has 0 saturated carbocycles. The van der Waals surface area contributed by atoms with Gasteiger partial charge in [-0.25, -0.2) is 0 Å². The molecule has 2 rings (SSSR count). The highest BCUT2D eigenvalue weighted by Gasteiger charge is 2.28. The Labute approximate surface area is 124 Å². The van der Waals surface area contributed by atoms with Crippen molar-refractivity contribution in [2.45, 2.75) is 36.8 Å². The minimum Gasteiger partial charge on any atom is -0.494 e. The molecule has 0 aromatic heterocycles. The molecule has 0 spiro atoms. The van der Waals surface area contributed by atoms with Crippen molar-refractivity contribution < 1.29 is 4.74 Å². The van der Waals surface area contributed by atoms with Gasteiger partial charge < -0.3 is 10.5 Å². The number of nitrogens with two attached hydrogens (primary N) is 1. The fourth-order valence-corrected chi connectivity index (χ4v) is 5.12. The molecule has 1 aromatic carbocycles. The zero-order valence-corrected chi connectivity index (χ0v) is 13.3. The van der Waals surface area contributed by atoms with E-state index in [-0.39, 0.29) is 6.04 Å². The molecule has 4 heteroatoms. The first-order valence-corrected chi connectivity index (χ1v) is 9.03. The topological polar surface area (TPSA) is 35.2 Å². The van der Waals surface area contributed by atoms with Gasteiger partial charge in [0.1, 0.15) is 5.75 Å². The van der Waals surface area contributed by atoms with Crippen LogP contribution in [0.4, 0.5) is 0 Å². The summed E-state index contributed by atoms with van der Waals surface area (Å²) < 4.78 is 5.61. The Hall–Kier alpha value is -0.320. The van der Waals surface area contributed by atoms with Gasteiger partial charge in [0.05, 0.1) is 6.61 Å². The number of rotatable bonds is 5. The summed E-state index contributed by atoms with van der Waals surface area (Å²) in [4.78, 5) is 0. The normalized spacial score (nSPS) is 25.0. The Morgan fingerprint density at radius 3 is 2.58 bits per heavy atom. The molecule has 3 unspecified atom stereocenters. The molecule has 1 aromatic rings. The molecule has 106 valence electrons.